The SMILES string of the molecule is CCc1cccc(CC)c1N1CCC(C(=O)O)C1=O. The highest BCUT2D eigenvalue weighted by atomic mass is 16.4. The van der Waals surface area contributed by atoms with Crippen molar-refractivity contribution in [3.63, 3.8) is 0 Å². The number of rotatable bonds is 4. The van der Waals surface area contributed by atoms with Gasteiger partial charge < -0.3 is 10.0 Å². The minimum Gasteiger partial charge on any atom is -0.481 e. The minimum atomic E-state index is -1.01. The predicted molar refractivity (Wildman–Crippen MR) is 73.3 cm³/mol. The maximum atomic E-state index is 12.2. The molecule has 1 heterocycles. The number of hydrogen-bond acceptors (Lipinski definition) is 2. The van der Waals surface area contributed by atoms with Crippen molar-refractivity contribution in [1.82, 2.24) is 0 Å². The molecule has 0 bridgehead atoms. The van der Waals surface area contributed by atoms with E-state index in [1.165, 1.54) is 0 Å². The number of carbonyl (C=O) groups is 2. The van der Waals surface area contributed by atoms with Crippen LogP contribution < -0.4 is 4.90 Å². The molecular formula is C15H19NO3. The van der Waals surface area contributed by atoms with Crippen LogP contribution in [0.25, 0.3) is 0 Å². The molecule has 1 saturated heterocycles. The molecule has 0 radical (unpaired) electrons. The molecule has 1 aromatic carbocycles. The summed E-state index contributed by atoms with van der Waals surface area (Å²) in [4.78, 5) is 24.9. The lowest BCUT2D eigenvalue weighted by Crippen LogP contribution is -2.31. The Morgan fingerprint density at radius 2 is 1.89 bits per heavy atom. The first-order valence-electron chi connectivity index (χ1n) is 6.75. The van der Waals surface area contributed by atoms with E-state index in [0.717, 1.165) is 29.7 Å². The number of carbonyl (C=O) groups excluding carboxylic acids is 1. The summed E-state index contributed by atoms with van der Waals surface area (Å²) in [5, 5.41) is 9.05. The van der Waals surface area contributed by atoms with Crippen molar-refractivity contribution in [2.75, 3.05) is 11.4 Å². The number of nitrogens with zero attached hydrogens (tertiary/aromatic N) is 1. The van der Waals surface area contributed by atoms with Crippen LogP contribution in [0.2, 0.25) is 0 Å². The molecule has 4 heteroatoms. The molecule has 1 fully saturated rings. The third-order valence-corrected chi connectivity index (χ3v) is 3.74. The molecule has 102 valence electrons. The summed E-state index contributed by atoms with van der Waals surface area (Å²) < 4.78 is 0. The molecule has 1 atom stereocenters. The number of carboxylic acids is 1. The Hall–Kier alpha value is -1.84. The number of amides is 1. The van der Waals surface area contributed by atoms with Gasteiger partial charge in [-0.2, -0.15) is 0 Å². The van der Waals surface area contributed by atoms with Gasteiger partial charge in [-0.3, -0.25) is 9.59 Å². The largest absolute Gasteiger partial charge is 0.481 e. The Labute approximate surface area is 113 Å². The fourth-order valence-corrected chi connectivity index (χ4v) is 2.69. The summed E-state index contributed by atoms with van der Waals surface area (Å²) in [6.07, 6.45) is 2.07. The van der Waals surface area contributed by atoms with Crippen LogP contribution in [0, 0.1) is 5.92 Å². The van der Waals surface area contributed by atoms with Crippen LogP contribution in [-0.4, -0.2) is 23.5 Å². The lowest BCUT2D eigenvalue weighted by Gasteiger charge is -2.23. The topological polar surface area (TPSA) is 57.6 Å². The smallest absolute Gasteiger partial charge is 0.316 e. The molecule has 0 spiro atoms. The van der Waals surface area contributed by atoms with Crippen molar-refractivity contribution >= 4 is 17.6 Å². The first-order chi connectivity index (χ1) is 9.10. The van der Waals surface area contributed by atoms with Crippen LogP contribution in [-0.2, 0) is 22.4 Å². The van der Waals surface area contributed by atoms with Gasteiger partial charge in [0, 0.05) is 12.2 Å². The maximum Gasteiger partial charge on any atom is 0.316 e. The summed E-state index contributed by atoms with van der Waals surface area (Å²) in [5.74, 6) is -2.17. The Morgan fingerprint density at radius 3 is 2.32 bits per heavy atom. The molecule has 1 aliphatic rings. The fourth-order valence-electron chi connectivity index (χ4n) is 2.69. The fraction of sp³-hybridized carbons (Fsp3) is 0.467. The van der Waals surface area contributed by atoms with Crippen molar-refractivity contribution in [3.05, 3.63) is 29.3 Å². The molecule has 4 nitrogen and oxygen atoms in total. The van der Waals surface area contributed by atoms with Crippen LogP contribution in [0.15, 0.2) is 18.2 Å². The van der Waals surface area contributed by atoms with Gasteiger partial charge in [-0.1, -0.05) is 32.0 Å². The van der Waals surface area contributed by atoms with E-state index >= 15 is 0 Å². The van der Waals surface area contributed by atoms with Gasteiger partial charge in [0.15, 0.2) is 0 Å². The highest BCUT2D eigenvalue weighted by Gasteiger charge is 2.38. The maximum absolute atomic E-state index is 12.2. The predicted octanol–water partition coefficient (Wildman–Crippen LogP) is 2.25. The van der Waals surface area contributed by atoms with Gasteiger partial charge in [-0.15, -0.1) is 0 Å². The summed E-state index contributed by atoms with van der Waals surface area (Å²) >= 11 is 0. The summed E-state index contributed by atoms with van der Waals surface area (Å²) in [6, 6.07) is 6.02. The van der Waals surface area contributed by atoms with Crippen LogP contribution >= 0.6 is 0 Å². The second-order valence-electron chi connectivity index (χ2n) is 4.80. The highest BCUT2D eigenvalue weighted by molar-refractivity contribution is 6.08. The molecule has 0 aromatic heterocycles. The molecular weight excluding hydrogens is 242 g/mol. The van der Waals surface area contributed by atoms with E-state index < -0.39 is 11.9 Å². The lowest BCUT2D eigenvalue weighted by molar-refractivity contribution is -0.144. The number of aryl methyl sites for hydroxylation is 2. The molecule has 0 aliphatic carbocycles. The standard InChI is InChI=1S/C15H19NO3/c1-3-10-6-5-7-11(4-2)13(10)16-9-8-12(14(16)17)15(18)19/h5-7,12H,3-4,8-9H2,1-2H3,(H,18,19). The molecule has 1 aromatic rings. The Morgan fingerprint density at radius 1 is 1.32 bits per heavy atom. The number of carboxylic acid groups (broad SMARTS) is 1. The average Bonchev–Trinajstić information content (AvgIpc) is 2.79. The van der Waals surface area contributed by atoms with Crippen molar-refractivity contribution in [2.24, 2.45) is 5.92 Å². The highest BCUT2D eigenvalue weighted by Crippen LogP contribution is 2.32. The third-order valence-electron chi connectivity index (χ3n) is 3.74. The van der Waals surface area contributed by atoms with Gasteiger partial charge in [0.1, 0.15) is 5.92 Å². The van der Waals surface area contributed by atoms with Crippen LogP contribution in [0.4, 0.5) is 5.69 Å². The van der Waals surface area contributed by atoms with Gasteiger partial charge in [-0.05, 0) is 30.4 Å². The number of hydrogen-bond donors (Lipinski definition) is 1. The van der Waals surface area contributed by atoms with Crippen LogP contribution in [0.3, 0.4) is 0 Å². The molecule has 1 aliphatic heterocycles. The van der Waals surface area contributed by atoms with Crippen LogP contribution in [0.5, 0.6) is 0 Å². The summed E-state index contributed by atoms with van der Waals surface area (Å²) in [5.41, 5.74) is 3.15. The van der Waals surface area contributed by atoms with Crippen molar-refractivity contribution in [2.45, 2.75) is 33.1 Å². The monoisotopic (exact) mass is 261 g/mol. The Balaban J connectivity index is 2.42. The van der Waals surface area contributed by atoms with E-state index in [1.807, 2.05) is 32.0 Å². The number of aliphatic carboxylic acids is 1. The average molecular weight is 261 g/mol. The Kier molecular flexibility index (Phi) is 3.88. The number of benzene rings is 1. The van der Waals surface area contributed by atoms with E-state index in [-0.39, 0.29) is 5.91 Å². The van der Waals surface area contributed by atoms with Gasteiger partial charge >= 0.3 is 5.97 Å². The van der Waals surface area contributed by atoms with Gasteiger partial charge in [0.05, 0.1) is 0 Å². The normalized spacial score (nSPS) is 18.9. The molecule has 1 unspecified atom stereocenters. The zero-order valence-corrected chi connectivity index (χ0v) is 11.3. The first kappa shape index (κ1) is 13.6. The van der Waals surface area contributed by atoms with Crippen LogP contribution in [0.1, 0.15) is 31.4 Å². The Bertz CT molecular complexity index is 488. The molecule has 0 saturated carbocycles. The second kappa shape index (κ2) is 5.43. The molecule has 1 amide bonds. The van der Waals surface area contributed by atoms with Crippen molar-refractivity contribution in [3.8, 4) is 0 Å². The van der Waals surface area contributed by atoms with E-state index in [4.69, 9.17) is 5.11 Å². The molecule has 19 heavy (non-hydrogen) atoms. The van der Waals surface area contributed by atoms with E-state index in [1.54, 1.807) is 4.90 Å². The number of anilines is 1. The van der Waals surface area contributed by atoms with E-state index in [9.17, 15) is 9.59 Å². The minimum absolute atomic E-state index is 0.275. The lowest BCUT2D eigenvalue weighted by atomic mass is 10.0. The van der Waals surface area contributed by atoms with Crippen molar-refractivity contribution < 1.29 is 14.7 Å². The molecule has 1 N–H and O–H groups in total. The zero-order chi connectivity index (χ0) is 14.0. The second-order valence-corrected chi connectivity index (χ2v) is 4.80. The van der Waals surface area contributed by atoms with E-state index in [0.29, 0.717) is 13.0 Å². The van der Waals surface area contributed by atoms with Gasteiger partial charge in [-0.25, -0.2) is 0 Å². The third kappa shape index (κ3) is 2.35. The quantitative estimate of drug-likeness (QED) is 0.846. The van der Waals surface area contributed by atoms with Gasteiger partial charge in [0.2, 0.25) is 5.91 Å². The van der Waals surface area contributed by atoms with E-state index in [2.05, 4.69) is 0 Å². The van der Waals surface area contributed by atoms with Crippen molar-refractivity contribution in [1.29, 1.82) is 0 Å². The zero-order valence-electron chi connectivity index (χ0n) is 11.3. The summed E-state index contributed by atoms with van der Waals surface area (Å²) in [6.45, 7) is 4.60. The summed E-state index contributed by atoms with van der Waals surface area (Å²) in [7, 11) is 0. The van der Waals surface area contributed by atoms with Gasteiger partial charge in [0.25, 0.3) is 0 Å². The molecule has 2 rings (SSSR count). The first-order valence-corrected chi connectivity index (χ1v) is 6.75. The number of para-hydroxylation sites is 1.